The summed E-state index contributed by atoms with van der Waals surface area (Å²) in [7, 11) is 0. The Bertz CT molecular complexity index is 706. The second-order valence-electron chi connectivity index (χ2n) is 6.44. The first kappa shape index (κ1) is 16.2. The Morgan fingerprint density at radius 2 is 2.04 bits per heavy atom. The van der Waals surface area contributed by atoms with Crippen LogP contribution in [-0.2, 0) is 4.74 Å². The number of nitrogens with zero attached hydrogens (tertiary/aromatic N) is 3. The minimum atomic E-state index is -0.515. The SMILES string of the molecule is CC(C)(C)OC(=O)N1CCC1c1nc(-c2ccc(I)cc2)no1. The van der Waals surface area contributed by atoms with E-state index in [1.165, 1.54) is 0 Å². The number of hydrogen-bond acceptors (Lipinski definition) is 5. The van der Waals surface area contributed by atoms with Gasteiger partial charge in [0.15, 0.2) is 0 Å². The summed E-state index contributed by atoms with van der Waals surface area (Å²) in [6.45, 7) is 6.19. The summed E-state index contributed by atoms with van der Waals surface area (Å²) >= 11 is 2.24. The van der Waals surface area contributed by atoms with Crippen molar-refractivity contribution in [2.45, 2.75) is 38.8 Å². The highest BCUT2D eigenvalue weighted by Gasteiger charge is 2.39. The third-order valence-electron chi connectivity index (χ3n) is 3.48. The van der Waals surface area contributed by atoms with Gasteiger partial charge in [-0.2, -0.15) is 4.98 Å². The number of rotatable bonds is 2. The van der Waals surface area contributed by atoms with E-state index in [1.807, 2.05) is 45.0 Å². The predicted octanol–water partition coefficient (Wildman–Crippen LogP) is 4.02. The van der Waals surface area contributed by atoms with Crippen LogP contribution in [0.5, 0.6) is 0 Å². The lowest BCUT2D eigenvalue weighted by Crippen LogP contribution is -2.47. The van der Waals surface area contributed by atoms with Gasteiger partial charge in [0.1, 0.15) is 11.6 Å². The van der Waals surface area contributed by atoms with Crippen LogP contribution < -0.4 is 0 Å². The molecule has 122 valence electrons. The lowest BCUT2D eigenvalue weighted by molar-refractivity contribution is -0.0119. The van der Waals surface area contributed by atoms with Gasteiger partial charge in [0, 0.05) is 15.7 Å². The third-order valence-corrected chi connectivity index (χ3v) is 4.20. The standard InChI is InChI=1S/C16H18IN3O3/c1-16(2,3)22-15(21)20-9-8-12(20)14-18-13(19-23-14)10-4-6-11(17)7-5-10/h4-7,12H,8-9H2,1-3H3. The first-order valence-electron chi connectivity index (χ1n) is 7.43. The van der Waals surface area contributed by atoms with Crippen LogP contribution in [0.1, 0.15) is 39.1 Å². The molecule has 23 heavy (non-hydrogen) atoms. The second-order valence-corrected chi connectivity index (χ2v) is 7.69. The molecule has 7 heteroatoms. The van der Waals surface area contributed by atoms with Crippen molar-refractivity contribution >= 4 is 28.7 Å². The number of carbonyl (C=O) groups is 1. The molecule has 0 N–H and O–H groups in total. The molecule has 6 nitrogen and oxygen atoms in total. The third kappa shape index (κ3) is 3.65. The fourth-order valence-corrected chi connectivity index (χ4v) is 2.63. The molecule has 1 amide bonds. The van der Waals surface area contributed by atoms with Crippen molar-refractivity contribution in [3.63, 3.8) is 0 Å². The van der Waals surface area contributed by atoms with Crippen molar-refractivity contribution in [1.82, 2.24) is 15.0 Å². The number of amides is 1. The van der Waals surface area contributed by atoms with Gasteiger partial charge in [0.25, 0.3) is 0 Å². The topological polar surface area (TPSA) is 68.5 Å². The van der Waals surface area contributed by atoms with Gasteiger partial charge in [-0.3, -0.25) is 4.90 Å². The zero-order valence-corrected chi connectivity index (χ0v) is 15.4. The largest absolute Gasteiger partial charge is 0.444 e. The van der Waals surface area contributed by atoms with Crippen LogP contribution in [0.15, 0.2) is 28.8 Å². The van der Waals surface area contributed by atoms with Crippen LogP contribution in [0.2, 0.25) is 0 Å². The molecule has 1 atom stereocenters. The van der Waals surface area contributed by atoms with E-state index < -0.39 is 5.60 Å². The maximum Gasteiger partial charge on any atom is 0.410 e. The summed E-state index contributed by atoms with van der Waals surface area (Å²) in [6.07, 6.45) is 0.455. The quantitative estimate of drug-likeness (QED) is 0.678. The van der Waals surface area contributed by atoms with Gasteiger partial charge in [-0.05, 0) is 61.9 Å². The highest BCUT2D eigenvalue weighted by molar-refractivity contribution is 14.1. The van der Waals surface area contributed by atoms with Crippen molar-refractivity contribution in [1.29, 1.82) is 0 Å². The van der Waals surface area contributed by atoms with Crippen molar-refractivity contribution < 1.29 is 14.1 Å². The van der Waals surface area contributed by atoms with E-state index in [0.29, 0.717) is 18.3 Å². The average molecular weight is 427 g/mol. The number of aromatic nitrogens is 2. The van der Waals surface area contributed by atoms with Gasteiger partial charge >= 0.3 is 6.09 Å². The number of carbonyl (C=O) groups excluding carboxylic acids is 1. The highest BCUT2D eigenvalue weighted by Crippen LogP contribution is 2.34. The van der Waals surface area contributed by atoms with Gasteiger partial charge in [-0.1, -0.05) is 17.3 Å². The molecule has 3 rings (SSSR count). The summed E-state index contributed by atoms with van der Waals surface area (Å²) in [6, 6.07) is 7.67. The molecule has 0 bridgehead atoms. The molecule has 0 spiro atoms. The van der Waals surface area contributed by atoms with Crippen LogP contribution in [0.4, 0.5) is 4.79 Å². The fraction of sp³-hybridized carbons (Fsp3) is 0.438. The number of benzene rings is 1. The molecule has 1 aliphatic heterocycles. The molecular weight excluding hydrogens is 409 g/mol. The van der Waals surface area contributed by atoms with E-state index in [0.717, 1.165) is 15.6 Å². The lowest BCUT2D eigenvalue weighted by atomic mass is 10.0. The minimum Gasteiger partial charge on any atom is -0.444 e. The molecule has 2 aromatic rings. The number of likely N-dealkylation sites (tertiary alicyclic amines) is 1. The lowest BCUT2D eigenvalue weighted by Gasteiger charge is -2.39. The molecule has 0 radical (unpaired) electrons. The zero-order chi connectivity index (χ0) is 16.6. The molecule has 1 saturated heterocycles. The summed E-state index contributed by atoms with van der Waals surface area (Å²) in [5.74, 6) is 0.989. The fourth-order valence-electron chi connectivity index (χ4n) is 2.27. The number of ether oxygens (including phenoxy) is 1. The molecule has 1 unspecified atom stereocenters. The molecular formula is C16H18IN3O3. The second kappa shape index (κ2) is 6.10. The Labute approximate surface area is 148 Å². The van der Waals surface area contributed by atoms with E-state index in [-0.39, 0.29) is 12.1 Å². The summed E-state index contributed by atoms with van der Waals surface area (Å²) < 4.78 is 11.9. The van der Waals surface area contributed by atoms with Crippen molar-refractivity contribution in [3.8, 4) is 11.4 Å². The van der Waals surface area contributed by atoms with Crippen LogP contribution in [0.3, 0.4) is 0 Å². The normalized spacial score (nSPS) is 17.7. The van der Waals surface area contributed by atoms with Crippen molar-refractivity contribution in [2.24, 2.45) is 0 Å². The minimum absolute atomic E-state index is 0.199. The molecule has 1 aromatic heterocycles. The van der Waals surface area contributed by atoms with Crippen LogP contribution in [0.25, 0.3) is 11.4 Å². The van der Waals surface area contributed by atoms with E-state index >= 15 is 0 Å². The number of halogens is 1. The Hall–Kier alpha value is -1.64. The summed E-state index contributed by atoms with van der Waals surface area (Å²) in [4.78, 5) is 18.2. The highest BCUT2D eigenvalue weighted by atomic mass is 127. The van der Waals surface area contributed by atoms with Crippen LogP contribution in [0, 0.1) is 3.57 Å². The zero-order valence-electron chi connectivity index (χ0n) is 13.2. The first-order chi connectivity index (χ1) is 10.8. The maximum atomic E-state index is 12.2. The van der Waals surface area contributed by atoms with Gasteiger partial charge < -0.3 is 9.26 Å². The smallest absolute Gasteiger partial charge is 0.410 e. The van der Waals surface area contributed by atoms with E-state index in [4.69, 9.17) is 9.26 Å². The first-order valence-corrected chi connectivity index (χ1v) is 8.50. The molecule has 2 heterocycles. The number of hydrogen-bond donors (Lipinski definition) is 0. The Kier molecular flexibility index (Phi) is 4.31. The molecule has 0 aliphatic carbocycles. The molecule has 0 saturated carbocycles. The van der Waals surface area contributed by atoms with Gasteiger partial charge in [-0.15, -0.1) is 0 Å². The summed E-state index contributed by atoms with van der Waals surface area (Å²) in [5.41, 5.74) is 0.377. The molecule has 1 aliphatic rings. The van der Waals surface area contributed by atoms with Gasteiger partial charge in [-0.25, -0.2) is 4.79 Å². The van der Waals surface area contributed by atoms with Gasteiger partial charge in [0.05, 0.1) is 0 Å². The Morgan fingerprint density at radius 3 is 2.61 bits per heavy atom. The van der Waals surface area contributed by atoms with E-state index in [2.05, 4.69) is 32.7 Å². The predicted molar refractivity (Wildman–Crippen MR) is 92.7 cm³/mol. The van der Waals surface area contributed by atoms with Crippen LogP contribution >= 0.6 is 22.6 Å². The Morgan fingerprint density at radius 1 is 1.35 bits per heavy atom. The Balaban J connectivity index is 1.73. The average Bonchev–Trinajstić information content (AvgIpc) is 2.85. The maximum absolute atomic E-state index is 12.2. The van der Waals surface area contributed by atoms with Crippen molar-refractivity contribution in [2.75, 3.05) is 6.54 Å². The summed E-state index contributed by atoms with van der Waals surface area (Å²) in [5, 5.41) is 4.02. The van der Waals surface area contributed by atoms with Crippen LogP contribution in [-0.4, -0.2) is 33.3 Å². The molecule has 1 fully saturated rings. The van der Waals surface area contributed by atoms with E-state index in [1.54, 1.807) is 4.90 Å². The van der Waals surface area contributed by atoms with E-state index in [9.17, 15) is 4.79 Å². The van der Waals surface area contributed by atoms with Crippen molar-refractivity contribution in [3.05, 3.63) is 33.7 Å². The monoisotopic (exact) mass is 427 g/mol. The van der Waals surface area contributed by atoms with Gasteiger partial charge in [0.2, 0.25) is 11.7 Å². The molecule has 1 aromatic carbocycles.